The first-order valence-corrected chi connectivity index (χ1v) is 4.24. The molecule has 1 heterocycles. The van der Waals surface area contributed by atoms with Crippen molar-refractivity contribution in [2.75, 3.05) is 5.32 Å². The van der Waals surface area contributed by atoms with Crippen molar-refractivity contribution in [2.45, 2.75) is 19.9 Å². The van der Waals surface area contributed by atoms with Gasteiger partial charge < -0.3 is 10.4 Å². The van der Waals surface area contributed by atoms with E-state index in [-0.39, 0.29) is 5.92 Å². The monoisotopic (exact) mass is 199 g/mol. The smallest absolute Gasteiger partial charge is 0.326 e. The van der Waals surface area contributed by atoms with Gasteiger partial charge in [0.15, 0.2) is 0 Å². The van der Waals surface area contributed by atoms with Crippen LogP contribution in [0.5, 0.6) is 0 Å². The molecule has 0 amide bonds. The van der Waals surface area contributed by atoms with Crippen LogP contribution in [-0.4, -0.2) is 37.3 Å². The van der Waals surface area contributed by atoms with E-state index in [2.05, 4.69) is 20.8 Å². The normalized spacial score (nSPS) is 12.9. The number of hydrogen-bond acceptors (Lipinski definition) is 5. The van der Waals surface area contributed by atoms with Crippen LogP contribution >= 0.6 is 0 Å². The van der Waals surface area contributed by atoms with Crippen LogP contribution in [0.1, 0.15) is 13.8 Å². The predicted molar refractivity (Wildman–Crippen MR) is 48.7 cm³/mol. The van der Waals surface area contributed by atoms with Gasteiger partial charge in [0.2, 0.25) is 5.95 Å². The molecule has 14 heavy (non-hydrogen) atoms. The predicted octanol–water partition coefficient (Wildman–Crippen LogP) is -0.269. The van der Waals surface area contributed by atoms with Crippen molar-refractivity contribution in [1.29, 1.82) is 0 Å². The molecule has 1 rings (SSSR count). The molecule has 0 saturated carbocycles. The maximum absolute atomic E-state index is 10.8. The summed E-state index contributed by atoms with van der Waals surface area (Å²) < 4.78 is 1.39. The van der Waals surface area contributed by atoms with E-state index in [0.717, 1.165) is 0 Å². The summed E-state index contributed by atoms with van der Waals surface area (Å²) in [4.78, 5) is 10.8. The summed E-state index contributed by atoms with van der Waals surface area (Å²) in [6.07, 6.45) is 0. The maximum atomic E-state index is 10.8. The molecule has 1 atom stereocenters. The molecule has 0 aliphatic heterocycles. The average molecular weight is 199 g/mol. The summed E-state index contributed by atoms with van der Waals surface area (Å²) in [5.41, 5.74) is 0. The molecule has 7 heteroatoms. The molecule has 0 saturated heterocycles. The number of nitrogens with one attached hydrogen (secondary N) is 1. The SMILES string of the molecule is CC(C)C(Nc1nnnn1C)C(=O)O. The Morgan fingerprint density at radius 2 is 2.21 bits per heavy atom. The van der Waals surface area contributed by atoms with Crippen molar-refractivity contribution in [2.24, 2.45) is 13.0 Å². The molecule has 2 N–H and O–H groups in total. The molecular formula is C7H13N5O2. The standard InChI is InChI=1S/C7H13N5O2/c1-4(2)5(6(13)14)8-7-9-10-11-12(7)3/h4-5H,1-3H3,(H,13,14)(H,8,9,11). The van der Waals surface area contributed by atoms with Crippen LogP contribution in [0, 0.1) is 5.92 Å². The number of carboxylic acids is 1. The third kappa shape index (κ3) is 2.18. The molecule has 1 aromatic rings. The molecule has 0 aliphatic carbocycles. The van der Waals surface area contributed by atoms with Crippen molar-refractivity contribution in [3.05, 3.63) is 0 Å². The van der Waals surface area contributed by atoms with E-state index in [4.69, 9.17) is 5.11 Å². The highest BCUT2D eigenvalue weighted by atomic mass is 16.4. The Labute approximate surface area is 81.1 Å². The van der Waals surface area contributed by atoms with Crippen LogP contribution < -0.4 is 5.32 Å². The average Bonchev–Trinajstić information content (AvgIpc) is 2.46. The summed E-state index contributed by atoms with van der Waals surface area (Å²) in [6.45, 7) is 3.63. The van der Waals surface area contributed by atoms with E-state index in [1.54, 1.807) is 7.05 Å². The summed E-state index contributed by atoms with van der Waals surface area (Å²) in [5, 5.41) is 22.3. The Bertz CT molecular complexity index is 322. The largest absolute Gasteiger partial charge is 0.480 e. The second kappa shape index (κ2) is 4.03. The number of tetrazole rings is 1. The lowest BCUT2D eigenvalue weighted by molar-refractivity contribution is -0.138. The minimum atomic E-state index is -0.914. The Hall–Kier alpha value is -1.66. The van der Waals surface area contributed by atoms with Gasteiger partial charge in [-0.3, -0.25) is 0 Å². The van der Waals surface area contributed by atoms with E-state index in [0.29, 0.717) is 5.95 Å². The fourth-order valence-electron chi connectivity index (χ4n) is 1.00. The van der Waals surface area contributed by atoms with Gasteiger partial charge in [-0.05, 0) is 16.3 Å². The van der Waals surface area contributed by atoms with Crippen LogP contribution in [0.25, 0.3) is 0 Å². The lowest BCUT2D eigenvalue weighted by atomic mass is 10.1. The number of anilines is 1. The quantitative estimate of drug-likeness (QED) is 0.693. The summed E-state index contributed by atoms with van der Waals surface area (Å²) in [5.74, 6) is -0.599. The van der Waals surface area contributed by atoms with Gasteiger partial charge in [0, 0.05) is 7.05 Å². The number of aliphatic carboxylic acids is 1. The Morgan fingerprint density at radius 1 is 1.57 bits per heavy atom. The molecular weight excluding hydrogens is 186 g/mol. The van der Waals surface area contributed by atoms with Crippen molar-refractivity contribution < 1.29 is 9.90 Å². The highest BCUT2D eigenvalue weighted by molar-refractivity contribution is 5.76. The number of nitrogens with zero attached hydrogens (tertiary/aromatic N) is 4. The Morgan fingerprint density at radius 3 is 2.57 bits per heavy atom. The minimum absolute atomic E-state index is 0.0378. The lowest BCUT2D eigenvalue weighted by Gasteiger charge is -2.17. The van der Waals surface area contributed by atoms with E-state index < -0.39 is 12.0 Å². The number of hydrogen-bond donors (Lipinski definition) is 2. The van der Waals surface area contributed by atoms with E-state index in [1.807, 2.05) is 13.8 Å². The first kappa shape index (κ1) is 10.4. The van der Waals surface area contributed by atoms with Gasteiger partial charge in [-0.1, -0.05) is 18.9 Å². The highest BCUT2D eigenvalue weighted by Gasteiger charge is 2.22. The minimum Gasteiger partial charge on any atom is -0.480 e. The van der Waals surface area contributed by atoms with Gasteiger partial charge in [0.05, 0.1) is 0 Å². The number of carboxylic acid groups (broad SMARTS) is 1. The summed E-state index contributed by atoms with van der Waals surface area (Å²) >= 11 is 0. The summed E-state index contributed by atoms with van der Waals surface area (Å²) in [7, 11) is 1.64. The summed E-state index contributed by atoms with van der Waals surface area (Å²) in [6, 6.07) is -0.681. The van der Waals surface area contributed by atoms with E-state index >= 15 is 0 Å². The fourth-order valence-corrected chi connectivity index (χ4v) is 1.00. The van der Waals surface area contributed by atoms with Crippen molar-refractivity contribution >= 4 is 11.9 Å². The second-order valence-electron chi connectivity index (χ2n) is 3.33. The molecule has 1 aromatic heterocycles. The van der Waals surface area contributed by atoms with Gasteiger partial charge in [0.1, 0.15) is 6.04 Å². The van der Waals surface area contributed by atoms with Crippen LogP contribution in [0.3, 0.4) is 0 Å². The van der Waals surface area contributed by atoms with Crippen LogP contribution in [0.4, 0.5) is 5.95 Å². The molecule has 0 aliphatic rings. The lowest BCUT2D eigenvalue weighted by Crippen LogP contribution is -2.35. The zero-order valence-corrected chi connectivity index (χ0v) is 8.30. The molecule has 0 bridgehead atoms. The van der Waals surface area contributed by atoms with Gasteiger partial charge in [-0.25, -0.2) is 9.48 Å². The van der Waals surface area contributed by atoms with Crippen molar-refractivity contribution in [3.63, 3.8) is 0 Å². The molecule has 0 fully saturated rings. The highest BCUT2D eigenvalue weighted by Crippen LogP contribution is 2.08. The zero-order valence-electron chi connectivity index (χ0n) is 8.30. The number of carbonyl (C=O) groups is 1. The first-order valence-electron chi connectivity index (χ1n) is 4.24. The van der Waals surface area contributed by atoms with E-state index in [9.17, 15) is 4.79 Å². The van der Waals surface area contributed by atoms with Gasteiger partial charge >= 0.3 is 5.97 Å². The zero-order chi connectivity index (χ0) is 10.7. The maximum Gasteiger partial charge on any atom is 0.326 e. The molecule has 1 unspecified atom stereocenters. The topological polar surface area (TPSA) is 92.9 Å². The van der Waals surface area contributed by atoms with Crippen molar-refractivity contribution in [1.82, 2.24) is 20.2 Å². The van der Waals surface area contributed by atoms with Gasteiger partial charge in [0.25, 0.3) is 0 Å². The van der Waals surface area contributed by atoms with Crippen LogP contribution in [0.2, 0.25) is 0 Å². The molecule has 0 spiro atoms. The number of aromatic nitrogens is 4. The Balaban J connectivity index is 2.75. The molecule has 7 nitrogen and oxygen atoms in total. The van der Waals surface area contributed by atoms with Crippen molar-refractivity contribution in [3.8, 4) is 0 Å². The number of rotatable bonds is 4. The molecule has 0 radical (unpaired) electrons. The van der Waals surface area contributed by atoms with Crippen LogP contribution in [0.15, 0.2) is 0 Å². The third-order valence-corrected chi connectivity index (χ3v) is 1.84. The van der Waals surface area contributed by atoms with Gasteiger partial charge in [-0.2, -0.15) is 0 Å². The molecule has 0 aromatic carbocycles. The number of aryl methyl sites for hydroxylation is 1. The van der Waals surface area contributed by atoms with Gasteiger partial charge in [-0.15, -0.1) is 0 Å². The third-order valence-electron chi connectivity index (χ3n) is 1.84. The first-order chi connectivity index (χ1) is 6.52. The van der Waals surface area contributed by atoms with Crippen LogP contribution in [-0.2, 0) is 11.8 Å². The Kier molecular flexibility index (Phi) is 3.00. The second-order valence-corrected chi connectivity index (χ2v) is 3.33. The fraction of sp³-hybridized carbons (Fsp3) is 0.714. The van der Waals surface area contributed by atoms with E-state index in [1.165, 1.54) is 4.68 Å². The molecule has 78 valence electrons.